The standard InChI is InChI=1S/C14H15BN4O7S/c16-14-17-8(5-27-14)10(19-26)12(21)18-9(15(24)25)4-6-2-1-3-7(11(6)20)13(22)23/h1-3,5,9,20,24-26H,4H2,(H2,16,17)(H,18,21)(H,22,23)/b19-10+. The number of phenols is 1. The zero-order valence-corrected chi connectivity index (χ0v) is 14.4. The summed E-state index contributed by atoms with van der Waals surface area (Å²) in [7, 11) is -2.05. The van der Waals surface area contributed by atoms with Gasteiger partial charge in [0.25, 0.3) is 5.91 Å². The number of hydrogen-bond donors (Lipinski definition) is 7. The minimum absolute atomic E-state index is 0.0144. The van der Waals surface area contributed by atoms with E-state index in [0.717, 1.165) is 11.3 Å². The summed E-state index contributed by atoms with van der Waals surface area (Å²) < 4.78 is 0. The molecule has 0 saturated carbocycles. The number of aromatic carboxylic acids is 1. The van der Waals surface area contributed by atoms with Crippen molar-refractivity contribution in [3.63, 3.8) is 0 Å². The molecule has 0 saturated heterocycles. The Hall–Kier alpha value is -3.16. The van der Waals surface area contributed by atoms with Gasteiger partial charge in [0.1, 0.15) is 17.0 Å². The monoisotopic (exact) mass is 394 g/mol. The number of hydrogen-bond acceptors (Lipinski definition) is 10. The molecule has 2 rings (SSSR count). The molecule has 0 aliphatic carbocycles. The highest BCUT2D eigenvalue weighted by Crippen LogP contribution is 2.24. The van der Waals surface area contributed by atoms with Crippen molar-refractivity contribution < 1.29 is 35.1 Å². The van der Waals surface area contributed by atoms with Crippen molar-refractivity contribution in [2.75, 3.05) is 5.73 Å². The smallest absolute Gasteiger partial charge is 0.475 e. The van der Waals surface area contributed by atoms with Gasteiger partial charge >= 0.3 is 13.1 Å². The van der Waals surface area contributed by atoms with Gasteiger partial charge in [-0.3, -0.25) is 4.79 Å². The molecule has 1 aromatic carbocycles. The summed E-state index contributed by atoms with van der Waals surface area (Å²) in [6, 6.07) is 3.90. The van der Waals surface area contributed by atoms with Gasteiger partial charge in [-0.05, 0) is 18.1 Å². The van der Waals surface area contributed by atoms with Crippen LogP contribution >= 0.6 is 11.3 Å². The average molecular weight is 394 g/mol. The van der Waals surface area contributed by atoms with E-state index in [1.165, 1.54) is 23.6 Å². The van der Waals surface area contributed by atoms with E-state index in [1.54, 1.807) is 0 Å². The molecular weight excluding hydrogens is 379 g/mol. The lowest BCUT2D eigenvalue weighted by atomic mass is 9.75. The van der Waals surface area contributed by atoms with Crippen molar-refractivity contribution in [2.24, 2.45) is 5.16 Å². The fourth-order valence-corrected chi connectivity index (χ4v) is 2.79. The van der Waals surface area contributed by atoms with Crippen LogP contribution in [0.4, 0.5) is 5.13 Å². The summed E-state index contributed by atoms with van der Waals surface area (Å²) in [4.78, 5) is 27.2. The second-order valence-corrected chi connectivity index (χ2v) is 6.23. The Balaban J connectivity index is 2.22. The summed E-state index contributed by atoms with van der Waals surface area (Å²) in [6.07, 6.45) is -0.311. The fourth-order valence-electron chi connectivity index (χ4n) is 2.24. The van der Waals surface area contributed by atoms with Gasteiger partial charge in [-0.1, -0.05) is 17.3 Å². The Kier molecular flexibility index (Phi) is 6.34. The largest absolute Gasteiger partial charge is 0.507 e. The van der Waals surface area contributed by atoms with E-state index in [0.29, 0.717) is 0 Å². The number of nitrogens with two attached hydrogens (primary N) is 1. The normalized spacial score (nSPS) is 12.4. The lowest BCUT2D eigenvalue weighted by Gasteiger charge is -2.18. The molecule has 13 heteroatoms. The number of anilines is 1. The number of nitrogens with one attached hydrogen (secondary N) is 1. The quantitative estimate of drug-likeness (QED) is 0.134. The van der Waals surface area contributed by atoms with Crippen molar-refractivity contribution in [1.29, 1.82) is 0 Å². The van der Waals surface area contributed by atoms with Gasteiger partial charge in [0.15, 0.2) is 10.8 Å². The predicted molar refractivity (Wildman–Crippen MR) is 95.7 cm³/mol. The lowest BCUT2D eigenvalue weighted by Crippen LogP contribution is -2.50. The third kappa shape index (κ3) is 4.72. The molecule has 1 atom stereocenters. The zero-order chi connectivity index (χ0) is 20.1. The Labute approximate surface area is 156 Å². The van der Waals surface area contributed by atoms with Crippen LogP contribution in [0.15, 0.2) is 28.7 Å². The SMILES string of the molecule is Nc1nc(/C(=N\O)C(=O)NC(Cc2cccc(C(=O)O)c2O)B(O)O)cs1. The molecule has 1 amide bonds. The summed E-state index contributed by atoms with van der Waals surface area (Å²) >= 11 is 1.01. The minimum atomic E-state index is -2.05. The van der Waals surface area contributed by atoms with Crippen LogP contribution in [-0.2, 0) is 11.2 Å². The molecule has 27 heavy (non-hydrogen) atoms. The highest BCUT2D eigenvalue weighted by atomic mass is 32.1. The summed E-state index contributed by atoms with van der Waals surface area (Å²) in [6.45, 7) is 0. The number of rotatable bonds is 7. The Morgan fingerprint density at radius 1 is 1.37 bits per heavy atom. The second kappa shape index (κ2) is 8.48. The van der Waals surface area contributed by atoms with Gasteiger partial charge in [-0.25, -0.2) is 9.78 Å². The van der Waals surface area contributed by atoms with Crippen molar-refractivity contribution in [2.45, 2.75) is 12.4 Å². The molecule has 8 N–H and O–H groups in total. The summed E-state index contributed by atoms with van der Waals surface area (Å²) in [5.74, 6) is -4.25. The van der Waals surface area contributed by atoms with Crippen molar-refractivity contribution in [3.05, 3.63) is 40.4 Å². The van der Waals surface area contributed by atoms with E-state index in [1.807, 2.05) is 0 Å². The molecule has 2 aromatic rings. The van der Waals surface area contributed by atoms with Crippen molar-refractivity contribution in [1.82, 2.24) is 10.3 Å². The number of amides is 1. The number of aromatic nitrogens is 1. The number of para-hydroxylation sites is 1. The number of thiazole rings is 1. The summed E-state index contributed by atoms with van der Waals surface area (Å²) in [5.41, 5.74) is 4.63. The number of benzene rings is 1. The van der Waals surface area contributed by atoms with E-state index in [2.05, 4.69) is 15.5 Å². The first-order chi connectivity index (χ1) is 12.7. The molecule has 11 nitrogen and oxygen atoms in total. The number of carbonyl (C=O) groups is 2. The topological polar surface area (TPSA) is 199 Å². The van der Waals surface area contributed by atoms with E-state index < -0.39 is 36.4 Å². The Morgan fingerprint density at radius 2 is 2.07 bits per heavy atom. The van der Waals surface area contributed by atoms with Crippen LogP contribution in [0, 0.1) is 0 Å². The van der Waals surface area contributed by atoms with Gasteiger partial charge in [0, 0.05) is 5.38 Å². The molecule has 0 spiro atoms. The third-order valence-electron chi connectivity index (χ3n) is 3.55. The zero-order valence-electron chi connectivity index (χ0n) is 13.6. The predicted octanol–water partition coefficient (Wildman–Crippen LogP) is -0.953. The fraction of sp³-hybridized carbons (Fsp3) is 0.143. The highest BCUT2D eigenvalue weighted by Gasteiger charge is 2.30. The van der Waals surface area contributed by atoms with Crippen molar-refractivity contribution >= 4 is 41.2 Å². The van der Waals surface area contributed by atoms with Crippen LogP contribution in [0.25, 0.3) is 0 Å². The van der Waals surface area contributed by atoms with Crippen LogP contribution < -0.4 is 11.1 Å². The molecule has 0 radical (unpaired) electrons. The van der Waals surface area contributed by atoms with Crippen molar-refractivity contribution in [3.8, 4) is 5.75 Å². The molecule has 1 heterocycles. The van der Waals surface area contributed by atoms with Crippen LogP contribution in [0.5, 0.6) is 5.75 Å². The summed E-state index contributed by atoms with van der Waals surface area (Å²) in [5, 5.41) is 53.7. The number of carbonyl (C=O) groups excluding carboxylic acids is 1. The van der Waals surface area contributed by atoms with Crippen LogP contribution in [-0.4, -0.2) is 61.1 Å². The number of aromatic hydroxyl groups is 1. The molecule has 0 bridgehead atoms. The van der Waals surface area contributed by atoms with E-state index in [4.69, 9.17) is 16.0 Å². The number of nitrogens with zero attached hydrogens (tertiary/aromatic N) is 2. The van der Waals surface area contributed by atoms with Gasteiger partial charge in [-0.2, -0.15) is 0 Å². The first-order valence-electron chi connectivity index (χ1n) is 7.39. The molecule has 0 fully saturated rings. The minimum Gasteiger partial charge on any atom is -0.507 e. The molecule has 1 unspecified atom stereocenters. The maximum absolute atomic E-state index is 12.3. The number of nitrogen functional groups attached to an aromatic ring is 1. The Morgan fingerprint density at radius 3 is 2.59 bits per heavy atom. The number of carboxylic acid groups (broad SMARTS) is 1. The molecular formula is C14H15BN4O7S. The highest BCUT2D eigenvalue weighted by molar-refractivity contribution is 7.13. The molecule has 142 valence electrons. The van der Waals surface area contributed by atoms with Gasteiger partial charge < -0.3 is 36.5 Å². The first-order valence-corrected chi connectivity index (χ1v) is 8.27. The van der Waals surface area contributed by atoms with Crippen LogP contribution in [0.1, 0.15) is 21.6 Å². The lowest BCUT2D eigenvalue weighted by molar-refractivity contribution is -0.115. The third-order valence-corrected chi connectivity index (χ3v) is 4.22. The molecule has 1 aromatic heterocycles. The van der Waals surface area contributed by atoms with Gasteiger partial charge in [0.05, 0.1) is 5.94 Å². The van der Waals surface area contributed by atoms with Crippen LogP contribution in [0.3, 0.4) is 0 Å². The number of oxime groups is 1. The first kappa shape index (κ1) is 20.2. The van der Waals surface area contributed by atoms with E-state index in [9.17, 15) is 24.7 Å². The maximum atomic E-state index is 12.3. The van der Waals surface area contributed by atoms with Gasteiger partial charge in [0.2, 0.25) is 0 Å². The Bertz CT molecular complexity index is 886. The maximum Gasteiger partial charge on any atom is 0.475 e. The molecule has 0 aliphatic rings. The number of carboxylic acids is 1. The van der Waals surface area contributed by atoms with E-state index in [-0.39, 0.29) is 28.4 Å². The van der Waals surface area contributed by atoms with E-state index >= 15 is 0 Å². The van der Waals surface area contributed by atoms with Crippen LogP contribution in [0.2, 0.25) is 0 Å². The average Bonchev–Trinajstić information content (AvgIpc) is 3.02. The molecule has 0 aliphatic heterocycles. The second-order valence-electron chi connectivity index (χ2n) is 5.34. The van der Waals surface area contributed by atoms with Gasteiger partial charge in [-0.15, -0.1) is 11.3 Å².